The first-order chi connectivity index (χ1) is 18.5. The third-order valence-electron chi connectivity index (χ3n) is 6.42. The minimum Gasteiger partial charge on any atom is -0.378 e. The predicted molar refractivity (Wildman–Crippen MR) is 137 cm³/mol. The number of hydroxylamine groups is 2. The summed E-state index contributed by atoms with van der Waals surface area (Å²) in [5, 5.41) is 4.57. The third-order valence-corrected chi connectivity index (χ3v) is 7.51. The number of amides is 2. The number of rotatable bonds is 5. The highest BCUT2D eigenvalue weighted by atomic mass is 35.5. The summed E-state index contributed by atoms with van der Waals surface area (Å²) in [6.07, 6.45) is -0.836. The highest BCUT2D eigenvalue weighted by molar-refractivity contribution is 8.18. The van der Waals surface area contributed by atoms with Crippen LogP contribution in [0.1, 0.15) is 36.5 Å². The summed E-state index contributed by atoms with van der Waals surface area (Å²) >= 11 is 6.42. The van der Waals surface area contributed by atoms with Crippen molar-refractivity contribution in [2.45, 2.75) is 38.6 Å². The second-order valence-corrected chi connectivity index (χ2v) is 10.6. The van der Waals surface area contributed by atoms with E-state index in [-0.39, 0.29) is 28.1 Å². The van der Waals surface area contributed by atoms with Gasteiger partial charge < -0.3 is 9.57 Å². The van der Waals surface area contributed by atoms with E-state index in [9.17, 15) is 27.6 Å². The number of fused-ring (bicyclic) bond motifs is 1. The summed E-state index contributed by atoms with van der Waals surface area (Å²) < 4.78 is 47.3. The van der Waals surface area contributed by atoms with Gasteiger partial charge >= 0.3 is 23.3 Å². The molecule has 0 saturated carbocycles. The molecule has 1 aromatic heterocycles. The van der Waals surface area contributed by atoms with Gasteiger partial charge in [-0.05, 0) is 73.0 Å². The van der Waals surface area contributed by atoms with Crippen LogP contribution >= 0.6 is 23.4 Å². The van der Waals surface area contributed by atoms with Gasteiger partial charge in [0.15, 0.2) is 0 Å². The van der Waals surface area contributed by atoms with Crippen molar-refractivity contribution in [2.75, 3.05) is 6.61 Å². The number of alkyl halides is 3. The Morgan fingerprint density at radius 1 is 1.26 bits per heavy atom. The molecule has 13 heteroatoms. The molecule has 2 atom stereocenters. The van der Waals surface area contributed by atoms with E-state index in [0.29, 0.717) is 52.7 Å². The molecule has 2 fully saturated rings. The fourth-order valence-electron chi connectivity index (χ4n) is 4.49. The fraction of sp³-hybridized carbons (Fsp3) is 0.308. The molecule has 8 nitrogen and oxygen atoms in total. The van der Waals surface area contributed by atoms with Crippen LogP contribution in [0.3, 0.4) is 0 Å². The van der Waals surface area contributed by atoms with E-state index >= 15 is 0 Å². The van der Waals surface area contributed by atoms with Crippen molar-refractivity contribution in [1.29, 1.82) is 0 Å². The Morgan fingerprint density at radius 2 is 2.05 bits per heavy atom. The minimum atomic E-state index is -4.57. The summed E-state index contributed by atoms with van der Waals surface area (Å²) in [5.41, 5.74) is 0.306. The normalized spacial score (nSPS) is 21.3. The first-order valence-corrected chi connectivity index (χ1v) is 13.1. The van der Waals surface area contributed by atoms with Crippen molar-refractivity contribution in [1.82, 2.24) is 14.8 Å². The maximum absolute atomic E-state index is 13.5. The summed E-state index contributed by atoms with van der Waals surface area (Å²) in [5.74, 6) is -1.88. The van der Waals surface area contributed by atoms with Gasteiger partial charge in [0.05, 0.1) is 40.7 Å². The molecule has 3 heterocycles. The van der Waals surface area contributed by atoms with Gasteiger partial charge in [-0.2, -0.15) is 18.3 Å². The van der Waals surface area contributed by atoms with E-state index in [2.05, 4.69) is 5.10 Å². The zero-order valence-electron chi connectivity index (χ0n) is 20.4. The number of carbonyl (C=O) groups is 3. The van der Waals surface area contributed by atoms with Crippen LogP contribution in [-0.2, 0) is 31.9 Å². The number of imide groups is 1. The van der Waals surface area contributed by atoms with E-state index in [0.717, 1.165) is 6.07 Å². The lowest BCUT2D eigenvalue weighted by atomic mass is 9.97. The maximum atomic E-state index is 13.5. The number of aromatic nitrogens is 2. The van der Waals surface area contributed by atoms with Gasteiger partial charge in [0.25, 0.3) is 0 Å². The van der Waals surface area contributed by atoms with Gasteiger partial charge in [0.2, 0.25) is 0 Å². The van der Waals surface area contributed by atoms with Crippen molar-refractivity contribution in [3.05, 3.63) is 69.2 Å². The van der Waals surface area contributed by atoms with E-state index in [1.54, 1.807) is 18.2 Å². The van der Waals surface area contributed by atoms with E-state index in [1.165, 1.54) is 29.1 Å². The van der Waals surface area contributed by atoms with Crippen LogP contribution in [0.15, 0.2) is 47.5 Å². The van der Waals surface area contributed by atoms with Crippen molar-refractivity contribution >= 4 is 57.5 Å². The van der Waals surface area contributed by atoms with Crippen molar-refractivity contribution in [3.63, 3.8) is 0 Å². The van der Waals surface area contributed by atoms with Crippen LogP contribution in [0, 0.1) is 5.92 Å². The highest BCUT2D eigenvalue weighted by Gasteiger charge is 2.40. The Bertz CT molecular complexity index is 1510. The van der Waals surface area contributed by atoms with Crippen molar-refractivity contribution < 1.29 is 37.1 Å². The topological polar surface area (TPSA) is 90.7 Å². The summed E-state index contributed by atoms with van der Waals surface area (Å²) in [7, 11) is 0. The van der Waals surface area contributed by atoms with Gasteiger partial charge in [-0.25, -0.2) is 4.79 Å². The molecule has 39 heavy (non-hydrogen) atoms. The van der Waals surface area contributed by atoms with Gasteiger partial charge in [0, 0.05) is 17.0 Å². The van der Waals surface area contributed by atoms with E-state index in [1.807, 2.05) is 6.92 Å². The molecule has 0 radical (unpaired) electrons. The zero-order valence-corrected chi connectivity index (χ0v) is 22.0. The number of benzene rings is 2. The zero-order chi connectivity index (χ0) is 27.9. The van der Waals surface area contributed by atoms with Gasteiger partial charge in [-0.15, -0.1) is 0 Å². The van der Waals surface area contributed by atoms with Gasteiger partial charge in [0.1, 0.15) is 0 Å². The second kappa shape index (κ2) is 10.7. The number of carbonyl (C=O) groups excluding carboxylic acids is 3. The van der Waals surface area contributed by atoms with Crippen molar-refractivity contribution in [2.24, 2.45) is 5.92 Å². The highest BCUT2D eigenvalue weighted by Crippen LogP contribution is 2.36. The van der Waals surface area contributed by atoms with Crippen LogP contribution in [0.25, 0.3) is 17.0 Å². The van der Waals surface area contributed by atoms with Crippen LogP contribution in [0.5, 0.6) is 0 Å². The van der Waals surface area contributed by atoms with E-state index in [4.69, 9.17) is 21.2 Å². The molecule has 2 aliphatic heterocycles. The predicted octanol–water partition coefficient (Wildman–Crippen LogP) is 6.07. The van der Waals surface area contributed by atoms with Crippen molar-refractivity contribution in [3.8, 4) is 0 Å². The number of ether oxygens (including phenoxy) is 1. The fourth-order valence-corrected chi connectivity index (χ4v) is 5.42. The van der Waals surface area contributed by atoms with Gasteiger partial charge in [-0.1, -0.05) is 28.8 Å². The molecule has 2 aromatic carbocycles. The van der Waals surface area contributed by atoms with Crippen LogP contribution in [0.2, 0.25) is 5.02 Å². The number of hydrogen-bond acceptors (Lipinski definition) is 7. The molecule has 0 N–H and O–H groups in total. The lowest BCUT2D eigenvalue weighted by molar-refractivity contribution is -0.188. The smallest absolute Gasteiger partial charge is 0.378 e. The molecule has 5 rings (SSSR count). The molecular formula is C26H21ClF3N3O5S. The summed E-state index contributed by atoms with van der Waals surface area (Å²) in [6, 6.07) is 8.59. The Balaban J connectivity index is 1.33. The Hall–Kier alpha value is -3.35. The molecular weight excluding hydrogens is 559 g/mol. The molecule has 2 amide bonds. The number of halogens is 4. The quantitative estimate of drug-likeness (QED) is 0.339. The largest absolute Gasteiger partial charge is 0.416 e. The molecule has 2 saturated heterocycles. The molecule has 2 aliphatic rings. The third kappa shape index (κ3) is 5.82. The lowest BCUT2D eigenvalue weighted by Gasteiger charge is -2.26. The number of thioether (sulfide) groups is 1. The SMILES string of the molecule is CC1CC(C(=O)ON2C(=O)SC(=Cc3ccc4c(cnn4Cc4ccc(Cl)cc4C(F)(F)F)c3)C2=O)CCO1. The molecule has 2 unspecified atom stereocenters. The maximum Gasteiger partial charge on any atom is 0.416 e. The average molecular weight is 580 g/mol. The first kappa shape index (κ1) is 27.2. The number of nitrogens with zero attached hydrogens (tertiary/aromatic N) is 3. The standard InChI is InChI=1S/C26H21ClF3N3O5S/c1-14-8-16(6-7-37-14)24(35)38-33-23(34)22(39-25(33)36)10-15-2-5-21-18(9-15)12-31-32(21)13-17-3-4-19(27)11-20(17)26(28,29)30/h2-5,9-12,14,16H,6-8,13H2,1H3. The van der Waals surface area contributed by atoms with Crippen LogP contribution in [0.4, 0.5) is 18.0 Å². The molecule has 204 valence electrons. The van der Waals surface area contributed by atoms with E-state index < -0.39 is 34.8 Å². The monoisotopic (exact) mass is 579 g/mol. The Kier molecular flexibility index (Phi) is 7.45. The van der Waals surface area contributed by atoms with Crippen LogP contribution in [-0.4, -0.2) is 44.7 Å². The van der Waals surface area contributed by atoms with Gasteiger partial charge in [-0.3, -0.25) is 14.3 Å². The average Bonchev–Trinajstić information content (AvgIpc) is 3.39. The molecule has 3 aromatic rings. The Labute approximate surface area is 229 Å². The first-order valence-electron chi connectivity index (χ1n) is 11.9. The molecule has 0 spiro atoms. The lowest BCUT2D eigenvalue weighted by Crippen LogP contribution is -2.37. The Morgan fingerprint density at radius 3 is 2.79 bits per heavy atom. The summed E-state index contributed by atoms with van der Waals surface area (Å²) in [4.78, 5) is 42.9. The molecule has 0 aliphatic carbocycles. The molecule has 0 bridgehead atoms. The number of hydrogen-bond donors (Lipinski definition) is 0. The second-order valence-electron chi connectivity index (χ2n) is 9.21. The van der Waals surface area contributed by atoms with Crippen LogP contribution < -0.4 is 0 Å². The minimum absolute atomic E-state index is 0.0133. The summed E-state index contributed by atoms with van der Waals surface area (Å²) in [6.45, 7) is 2.09.